The Morgan fingerprint density at radius 2 is 0.728 bits per heavy atom. The Morgan fingerprint density at radius 3 is 1.10 bits per heavy atom. The molecule has 0 aromatic heterocycles. The number of para-hydroxylation sites is 1. The maximum absolute atomic E-state index is 13.3. The molecule has 0 amide bonds. The average molecular weight is 1240 g/mol. The Hall–Kier alpha value is -8.49. The van der Waals surface area contributed by atoms with E-state index in [1.54, 1.807) is 12.1 Å². The maximum atomic E-state index is 13.3. The molecule has 0 radical (unpaired) electrons. The second-order valence-electron chi connectivity index (χ2n) is 28.3. The number of ether oxygens (including phenoxy) is 3. The van der Waals surface area contributed by atoms with E-state index < -0.39 is 12.1 Å². The molecule has 480 valence electrons. The van der Waals surface area contributed by atoms with E-state index in [-0.39, 0.29) is 45.9 Å². The van der Waals surface area contributed by atoms with Crippen molar-refractivity contribution in [3.8, 4) is 28.4 Å². The summed E-state index contributed by atoms with van der Waals surface area (Å²) in [6, 6.07) is 77.0. The lowest BCUT2D eigenvalue weighted by Crippen LogP contribution is -2.41. The Kier molecular flexibility index (Phi) is 22.4. The van der Waals surface area contributed by atoms with E-state index in [1.165, 1.54) is 60.1 Å². The summed E-state index contributed by atoms with van der Waals surface area (Å²) >= 11 is 0. The largest absolute Gasteiger partial charge is 0.489 e. The number of unbranched alkanes of at least 4 members (excludes halogenated alkanes) is 2. The first-order chi connectivity index (χ1) is 44.0. The van der Waals surface area contributed by atoms with Crippen LogP contribution in [0.1, 0.15) is 167 Å². The SMILES string of the molecule is CCCCc1ccc(N(c2ccccc2)c2ccc(-c3ccc(N(c4ccc(CCCC)cc4)c4ccc(COc5ccc(C(CC(C)(C)C(C)(C)C(CC(C)(C)C)c6ccc(OCc7ccc(OC(F)=C(F)F)cc7)cc6)C(C)(C)C)cc5)cc4)cc3)cc2)cc1. The molecule has 9 rings (SSSR count). The van der Waals surface area contributed by atoms with Crippen molar-refractivity contribution in [1.29, 1.82) is 0 Å². The average Bonchev–Trinajstić information content (AvgIpc) is 0.785. The Labute approximate surface area is 548 Å². The number of hydrogen-bond donors (Lipinski definition) is 0. The number of rotatable bonds is 28. The third kappa shape index (κ3) is 17.8. The minimum Gasteiger partial charge on any atom is -0.489 e. The van der Waals surface area contributed by atoms with Crippen molar-refractivity contribution in [2.24, 2.45) is 21.7 Å². The summed E-state index contributed by atoms with van der Waals surface area (Å²) in [4.78, 5) is 4.68. The van der Waals surface area contributed by atoms with Gasteiger partial charge in [0.05, 0.1) is 0 Å². The van der Waals surface area contributed by atoms with Crippen molar-refractivity contribution in [3.63, 3.8) is 0 Å². The molecule has 8 heteroatoms. The maximum Gasteiger partial charge on any atom is 0.344 e. The van der Waals surface area contributed by atoms with Crippen LogP contribution in [0.3, 0.4) is 0 Å². The molecule has 0 aliphatic heterocycles. The van der Waals surface area contributed by atoms with Crippen molar-refractivity contribution in [3.05, 3.63) is 270 Å². The minimum atomic E-state index is -2.50. The second kappa shape index (κ2) is 30.3. The Morgan fingerprint density at radius 1 is 0.380 bits per heavy atom. The number of halogens is 3. The molecule has 2 unspecified atom stereocenters. The lowest BCUT2D eigenvalue weighted by atomic mass is 9.53. The van der Waals surface area contributed by atoms with Gasteiger partial charge in [-0.25, -0.2) is 0 Å². The molecule has 0 heterocycles. The highest BCUT2D eigenvalue weighted by atomic mass is 19.3. The molecule has 2 atom stereocenters. The topological polar surface area (TPSA) is 34.2 Å². The zero-order chi connectivity index (χ0) is 65.6. The van der Waals surface area contributed by atoms with Gasteiger partial charge in [0.2, 0.25) is 0 Å². The fourth-order valence-electron chi connectivity index (χ4n) is 12.5. The van der Waals surface area contributed by atoms with Crippen LogP contribution in [-0.4, -0.2) is 0 Å². The van der Waals surface area contributed by atoms with Gasteiger partial charge in [0.15, 0.2) is 0 Å². The molecule has 0 aliphatic carbocycles. The Balaban J connectivity index is 0.870. The fourth-order valence-corrected chi connectivity index (χ4v) is 12.5. The van der Waals surface area contributed by atoms with Gasteiger partial charge < -0.3 is 24.0 Å². The van der Waals surface area contributed by atoms with Gasteiger partial charge in [-0.15, -0.1) is 0 Å². The first kappa shape index (κ1) is 67.9. The van der Waals surface area contributed by atoms with Crippen LogP contribution in [0.2, 0.25) is 0 Å². The summed E-state index contributed by atoms with van der Waals surface area (Å²) in [5, 5.41) is 0. The summed E-state index contributed by atoms with van der Waals surface area (Å²) in [5.41, 5.74) is 16.0. The highest BCUT2D eigenvalue weighted by Crippen LogP contribution is 2.58. The number of aryl methyl sites for hydroxylation is 2. The van der Waals surface area contributed by atoms with E-state index in [0.29, 0.717) is 6.61 Å². The van der Waals surface area contributed by atoms with Crippen LogP contribution in [0, 0.1) is 21.7 Å². The highest BCUT2D eigenvalue weighted by Gasteiger charge is 2.47. The number of anilines is 6. The van der Waals surface area contributed by atoms with Gasteiger partial charge in [0.25, 0.3) is 0 Å². The molecule has 0 fully saturated rings. The third-order valence-corrected chi connectivity index (χ3v) is 18.7. The molecule has 0 saturated heterocycles. The van der Waals surface area contributed by atoms with E-state index in [9.17, 15) is 13.2 Å². The van der Waals surface area contributed by atoms with Gasteiger partial charge in [0.1, 0.15) is 30.5 Å². The summed E-state index contributed by atoms with van der Waals surface area (Å²) in [7, 11) is 0. The fraction of sp³-hybridized carbons (Fsp3) is 0.333. The van der Waals surface area contributed by atoms with Crippen LogP contribution in [-0.2, 0) is 26.1 Å². The quantitative estimate of drug-likeness (QED) is 0.0457. The zero-order valence-corrected chi connectivity index (χ0v) is 56.3. The van der Waals surface area contributed by atoms with E-state index >= 15 is 0 Å². The lowest BCUT2D eigenvalue weighted by molar-refractivity contribution is 0.0305. The highest BCUT2D eigenvalue weighted by molar-refractivity contribution is 5.81. The minimum absolute atomic E-state index is 0.0161. The van der Waals surface area contributed by atoms with E-state index in [1.807, 2.05) is 12.1 Å². The summed E-state index contributed by atoms with van der Waals surface area (Å²) in [6.07, 6.45) is 6.37. The van der Waals surface area contributed by atoms with Gasteiger partial charge in [0, 0.05) is 34.1 Å². The van der Waals surface area contributed by atoms with E-state index in [2.05, 4.69) is 286 Å². The molecular formula is C84H95F3N2O3. The molecule has 5 nitrogen and oxygen atoms in total. The van der Waals surface area contributed by atoms with Crippen molar-refractivity contribution >= 4 is 34.1 Å². The van der Waals surface area contributed by atoms with Crippen LogP contribution in [0.15, 0.2) is 237 Å². The van der Waals surface area contributed by atoms with Gasteiger partial charge in [-0.3, -0.25) is 0 Å². The first-order valence-corrected chi connectivity index (χ1v) is 33.0. The lowest BCUT2D eigenvalue weighted by Gasteiger charge is -2.51. The van der Waals surface area contributed by atoms with Crippen LogP contribution in [0.4, 0.5) is 47.3 Å². The predicted octanol–water partition coefficient (Wildman–Crippen LogP) is 25.3. The summed E-state index contributed by atoms with van der Waals surface area (Å²) in [6.45, 7) is 29.0. The third-order valence-electron chi connectivity index (χ3n) is 18.7. The Bertz CT molecular complexity index is 3750. The van der Waals surface area contributed by atoms with Crippen LogP contribution < -0.4 is 24.0 Å². The molecule has 9 aromatic rings. The van der Waals surface area contributed by atoms with Crippen molar-refractivity contribution in [2.45, 2.75) is 160 Å². The standard InChI is InChI=1S/C84H95F3N2O3/c1-13-15-20-60-24-40-69(41-25-60)88(68-22-18-17-19-23-68)72-46-32-64(33-47-72)65-34-48-73(49-35-65)89(70-42-26-61(27-43-70)21-16-14-2)71-44-28-62(29-45-71)58-90-74-52-36-66(37-53-74)77(82(6,7)8)57-83(9,10)84(11,12)78(56-81(3,4)5)67-38-54-75(55-39-67)91-59-63-30-50-76(51-31-63)92-80(87)79(85)86/h17-19,22-55,77-78H,13-16,20-21,56-59H2,1-12H3. The molecule has 9 aromatic carbocycles. The molecule has 0 N–H and O–H groups in total. The molecule has 0 saturated carbocycles. The molecular weight excluding hydrogens is 1140 g/mol. The second-order valence-corrected chi connectivity index (χ2v) is 28.3. The normalized spacial score (nSPS) is 12.6. The smallest absolute Gasteiger partial charge is 0.344 e. The molecule has 92 heavy (non-hydrogen) atoms. The number of benzene rings is 9. The molecule has 0 bridgehead atoms. The summed E-state index contributed by atoms with van der Waals surface area (Å²) in [5.74, 6) is 2.05. The summed E-state index contributed by atoms with van der Waals surface area (Å²) < 4.78 is 55.7. The van der Waals surface area contributed by atoms with Crippen LogP contribution in [0.25, 0.3) is 11.1 Å². The molecule has 0 spiro atoms. The van der Waals surface area contributed by atoms with Crippen molar-refractivity contribution in [2.75, 3.05) is 9.80 Å². The number of nitrogens with zero attached hydrogens (tertiary/aromatic N) is 2. The van der Waals surface area contributed by atoms with Crippen LogP contribution in [0.5, 0.6) is 17.2 Å². The van der Waals surface area contributed by atoms with Gasteiger partial charge >= 0.3 is 12.1 Å². The van der Waals surface area contributed by atoms with Crippen molar-refractivity contribution < 1.29 is 27.4 Å². The number of hydrogen-bond acceptors (Lipinski definition) is 5. The van der Waals surface area contributed by atoms with E-state index in [4.69, 9.17) is 9.47 Å². The zero-order valence-electron chi connectivity index (χ0n) is 56.3. The monoisotopic (exact) mass is 1240 g/mol. The predicted molar refractivity (Wildman–Crippen MR) is 379 cm³/mol. The molecule has 0 aliphatic rings. The van der Waals surface area contributed by atoms with Gasteiger partial charge in [-0.1, -0.05) is 211 Å². The van der Waals surface area contributed by atoms with Crippen LogP contribution >= 0.6 is 0 Å². The van der Waals surface area contributed by atoms with Gasteiger partial charge in [-0.05, 0) is 226 Å². The first-order valence-electron chi connectivity index (χ1n) is 33.0. The van der Waals surface area contributed by atoms with Crippen molar-refractivity contribution in [1.82, 2.24) is 0 Å². The van der Waals surface area contributed by atoms with E-state index in [0.717, 1.165) is 93.6 Å². The van der Waals surface area contributed by atoms with Gasteiger partial charge in [-0.2, -0.15) is 13.2 Å².